The number of carbonyl (C=O) groups excluding carboxylic acids is 3. The van der Waals surface area contributed by atoms with Gasteiger partial charge in [-0.25, -0.2) is 4.79 Å². The predicted octanol–water partition coefficient (Wildman–Crippen LogP) is 1.70. The maximum Gasteiger partial charge on any atom is 0.319 e. The van der Waals surface area contributed by atoms with Gasteiger partial charge in [0.15, 0.2) is 18.1 Å². The Bertz CT molecular complexity index is 874. The number of para-hydroxylation sites is 3. The number of rotatable bonds is 8. The fraction of sp³-hybridized carbons (Fsp3) is 0.286. The second-order valence-electron chi connectivity index (χ2n) is 6.46. The van der Waals surface area contributed by atoms with E-state index < -0.39 is 24.5 Å². The summed E-state index contributed by atoms with van der Waals surface area (Å²) >= 11 is 0. The van der Waals surface area contributed by atoms with Crippen molar-refractivity contribution >= 4 is 23.6 Å². The smallest absolute Gasteiger partial charge is 0.319 e. The molecule has 1 atom stereocenters. The van der Waals surface area contributed by atoms with Gasteiger partial charge in [0.1, 0.15) is 12.7 Å². The minimum absolute atomic E-state index is 0.0498. The number of anilines is 1. The summed E-state index contributed by atoms with van der Waals surface area (Å²) in [4.78, 5) is 35.3. The Balaban J connectivity index is 1.26. The molecule has 1 aliphatic rings. The summed E-state index contributed by atoms with van der Waals surface area (Å²) in [5, 5.41) is 7.82. The van der Waals surface area contributed by atoms with Crippen molar-refractivity contribution in [3.05, 3.63) is 54.6 Å². The number of nitrogens with one attached hydrogen (secondary N) is 3. The third-order valence-electron chi connectivity index (χ3n) is 4.11. The number of hydrogen-bond donors (Lipinski definition) is 3. The Morgan fingerprint density at radius 3 is 2.50 bits per heavy atom. The minimum atomic E-state index is -0.587. The molecule has 30 heavy (non-hydrogen) atoms. The molecule has 1 aliphatic heterocycles. The highest BCUT2D eigenvalue weighted by atomic mass is 16.6. The Labute approximate surface area is 173 Å². The number of carbonyl (C=O) groups is 3. The van der Waals surface area contributed by atoms with Crippen LogP contribution in [0.3, 0.4) is 0 Å². The van der Waals surface area contributed by atoms with Gasteiger partial charge in [0.05, 0.1) is 13.0 Å². The highest BCUT2D eigenvalue weighted by molar-refractivity contribution is 5.89. The summed E-state index contributed by atoms with van der Waals surface area (Å²) in [6.07, 6.45) is -0.377. The van der Waals surface area contributed by atoms with Crippen LogP contribution in [0.4, 0.5) is 10.5 Å². The number of fused-ring (bicyclic) bond motifs is 1. The first-order chi connectivity index (χ1) is 14.6. The third kappa shape index (κ3) is 6.69. The highest BCUT2D eigenvalue weighted by Gasteiger charge is 2.21. The van der Waals surface area contributed by atoms with E-state index in [1.54, 1.807) is 30.3 Å². The molecule has 9 nitrogen and oxygen atoms in total. The van der Waals surface area contributed by atoms with E-state index in [0.717, 1.165) is 0 Å². The Morgan fingerprint density at radius 2 is 1.70 bits per heavy atom. The van der Waals surface area contributed by atoms with Crippen molar-refractivity contribution in [1.29, 1.82) is 0 Å². The normalized spacial score (nSPS) is 14.3. The maximum atomic E-state index is 11.9. The molecule has 0 spiro atoms. The average molecular weight is 413 g/mol. The standard InChI is InChI=1S/C21H23N3O6/c25-19(23-12-16-13-28-17-8-4-5-9-18(17)30-16)14-29-20(26)10-11-22-21(27)24-15-6-2-1-3-7-15/h1-9,16H,10-14H2,(H,23,25)(H2,22,24,27)/t16-/m1/s1. The monoisotopic (exact) mass is 413 g/mol. The molecule has 3 rings (SSSR count). The maximum absolute atomic E-state index is 11.9. The Hall–Kier alpha value is -3.75. The summed E-state index contributed by atoms with van der Waals surface area (Å²) in [6.45, 7) is 0.227. The summed E-state index contributed by atoms with van der Waals surface area (Å²) in [6, 6.07) is 15.8. The zero-order chi connectivity index (χ0) is 21.2. The molecule has 3 N–H and O–H groups in total. The van der Waals surface area contributed by atoms with Crippen LogP contribution < -0.4 is 25.4 Å². The SMILES string of the molecule is O=C(COC(=O)CCNC(=O)Nc1ccccc1)NC[C@@H]1COc2ccccc2O1. The molecular formula is C21H23N3O6. The highest BCUT2D eigenvalue weighted by Crippen LogP contribution is 2.30. The van der Waals surface area contributed by atoms with E-state index >= 15 is 0 Å². The van der Waals surface area contributed by atoms with Gasteiger partial charge >= 0.3 is 12.0 Å². The molecule has 9 heteroatoms. The number of amides is 3. The fourth-order valence-corrected chi connectivity index (χ4v) is 2.64. The number of benzene rings is 2. The quantitative estimate of drug-likeness (QED) is 0.568. The molecule has 0 unspecified atom stereocenters. The van der Waals surface area contributed by atoms with Crippen molar-refractivity contribution in [3.63, 3.8) is 0 Å². The largest absolute Gasteiger partial charge is 0.486 e. The zero-order valence-corrected chi connectivity index (χ0v) is 16.3. The molecule has 0 aromatic heterocycles. The van der Waals surface area contributed by atoms with E-state index in [9.17, 15) is 14.4 Å². The molecule has 0 bridgehead atoms. The van der Waals surface area contributed by atoms with E-state index in [0.29, 0.717) is 23.8 Å². The first-order valence-electron chi connectivity index (χ1n) is 9.51. The van der Waals surface area contributed by atoms with E-state index in [1.165, 1.54) is 0 Å². The van der Waals surface area contributed by atoms with Gasteiger partial charge in [0, 0.05) is 12.2 Å². The molecule has 0 fully saturated rings. The van der Waals surface area contributed by atoms with E-state index in [4.69, 9.17) is 14.2 Å². The molecule has 0 saturated heterocycles. The summed E-state index contributed by atoms with van der Waals surface area (Å²) in [7, 11) is 0. The molecule has 3 amide bonds. The van der Waals surface area contributed by atoms with E-state index in [1.807, 2.05) is 24.3 Å². The van der Waals surface area contributed by atoms with Crippen LogP contribution in [0.5, 0.6) is 11.5 Å². The number of ether oxygens (including phenoxy) is 3. The van der Waals surface area contributed by atoms with Crippen molar-refractivity contribution in [2.75, 3.05) is 31.6 Å². The third-order valence-corrected chi connectivity index (χ3v) is 4.11. The molecule has 2 aromatic carbocycles. The lowest BCUT2D eigenvalue weighted by molar-refractivity contribution is -0.148. The van der Waals surface area contributed by atoms with Gasteiger partial charge in [-0.1, -0.05) is 30.3 Å². The van der Waals surface area contributed by atoms with Gasteiger partial charge in [-0.2, -0.15) is 0 Å². The Morgan fingerprint density at radius 1 is 0.967 bits per heavy atom. The van der Waals surface area contributed by atoms with Gasteiger partial charge < -0.3 is 30.2 Å². The van der Waals surface area contributed by atoms with Crippen LogP contribution in [0.1, 0.15) is 6.42 Å². The molecule has 0 radical (unpaired) electrons. The van der Waals surface area contributed by atoms with Crippen molar-refractivity contribution < 1.29 is 28.6 Å². The van der Waals surface area contributed by atoms with Crippen LogP contribution in [-0.4, -0.2) is 50.3 Å². The van der Waals surface area contributed by atoms with Crippen LogP contribution in [0.15, 0.2) is 54.6 Å². The molecule has 1 heterocycles. The predicted molar refractivity (Wildman–Crippen MR) is 108 cm³/mol. The molecule has 2 aromatic rings. The first-order valence-corrected chi connectivity index (χ1v) is 9.51. The first kappa shape index (κ1) is 21.0. The van der Waals surface area contributed by atoms with E-state index in [2.05, 4.69) is 16.0 Å². The lowest BCUT2D eigenvalue weighted by Gasteiger charge is -2.26. The summed E-state index contributed by atoms with van der Waals surface area (Å²) in [5.41, 5.74) is 0.644. The second kappa shape index (κ2) is 10.7. The lowest BCUT2D eigenvalue weighted by Crippen LogP contribution is -2.42. The topological polar surface area (TPSA) is 115 Å². The number of esters is 1. The van der Waals surface area contributed by atoms with Gasteiger partial charge in [-0.05, 0) is 24.3 Å². The average Bonchev–Trinajstić information content (AvgIpc) is 2.77. The minimum Gasteiger partial charge on any atom is -0.486 e. The van der Waals surface area contributed by atoms with Crippen LogP contribution in [0.25, 0.3) is 0 Å². The lowest BCUT2D eigenvalue weighted by atomic mass is 10.2. The van der Waals surface area contributed by atoms with Crippen LogP contribution >= 0.6 is 0 Å². The molecular weight excluding hydrogens is 390 g/mol. The van der Waals surface area contributed by atoms with Gasteiger partial charge in [0.2, 0.25) is 0 Å². The van der Waals surface area contributed by atoms with Gasteiger partial charge in [-0.3, -0.25) is 9.59 Å². The summed E-state index contributed by atoms with van der Waals surface area (Å²) < 4.78 is 16.2. The number of urea groups is 1. The molecule has 158 valence electrons. The van der Waals surface area contributed by atoms with E-state index in [-0.39, 0.29) is 25.6 Å². The fourth-order valence-electron chi connectivity index (χ4n) is 2.64. The zero-order valence-electron chi connectivity index (χ0n) is 16.3. The molecule has 0 aliphatic carbocycles. The van der Waals surface area contributed by atoms with Crippen molar-refractivity contribution in [3.8, 4) is 11.5 Å². The van der Waals surface area contributed by atoms with Crippen molar-refractivity contribution in [1.82, 2.24) is 10.6 Å². The van der Waals surface area contributed by atoms with Crippen LogP contribution in [-0.2, 0) is 14.3 Å². The van der Waals surface area contributed by atoms with Crippen molar-refractivity contribution in [2.24, 2.45) is 0 Å². The van der Waals surface area contributed by atoms with Crippen LogP contribution in [0, 0.1) is 0 Å². The Kier molecular flexibility index (Phi) is 7.48. The van der Waals surface area contributed by atoms with Gasteiger partial charge in [0.25, 0.3) is 5.91 Å². The van der Waals surface area contributed by atoms with Crippen LogP contribution in [0.2, 0.25) is 0 Å². The second-order valence-corrected chi connectivity index (χ2v) is 6.46. The number of hydrogen-bond acceptors (Lipinski definition) is 6. The summed E-state index contributed by atoms with van der Waals surface area (Å²) in [5.74, 6) is 0.259. The molecule has 0 saturated carbocycles. The van der Waals surface area contributed by atoms with Gasteiger partial charge in [-0.15, -0.1) is 0 Å². The van der Waals surface area contributed by atoms with Crippen molar-refractivity contribution in [2.45, 2.75) is 12.5 Å².